The third-order valence-corrected chi connectivity index (χ3v) is 3.75. The molecule has 0 saturated heterocycles. The second-order valence-electron chi connectivity index (χ2n) is 5.77. The van der Waals surface area contributed by atoms with Gasteiger partial charge in [-0.15, -0.1) is 0 Å². The van der Waals surface area contributed by atoms with E-state index in [1.165, 1.54) is 0 Å². The van der Waals surface area contributed by atoms with Gasteiger partial charge < -0.3 is 20.1 Å². The van der Waals surface area contributed by atoms with E-state index in [0.29, 0.717) is 36.6 Å². The molecule has 0 bridgehead atoms. The molecule has 0 spiro atoms. The molecule has 0 saturated carbocycles. The van der Waals surface area contributed by atoms with Gasteiger partial charge in [0, 0.05) is 12.1 Å². The molecule has 0 aromatic heterocycles. The maximum atomic E-state index is 12.0. The van der Waals surface area contributed by atoms with Gasteiger partial charge in [-0.1, -0.05) is 18.2 Å². The molecule has 1 aliphatic rings. The zero-order chi connectivity index (χ0) is 17.6. The molecule has 6 nitrogen and oxygen atoms in total. The van der Waals surface area contributed by atoms with Gasteiger partial charge in [0.1, 0.15) is 11.5 Å². The minimum atomic E-state index is -0.516. The van der Waals surface area contributed by atoms with Crippen LogP contribution in [0.1, 0.15) is 19.8 Å². The number of benzene rings is 2. The largest absolute Gasteiger partial charge is 0.494 e. The molecule has 1 unspecified atom stereocenters. The van der Waals surface area contributed by atoms with Crippen molar-refractivity contribution >= 4 is 23.2 Å². The van der Waals surface area contributed by atoms with Crippen LogP contribution in [0.2, 0.25) is 0 Å². The monoisotopic (exact) mass is 340 g/mol. The van der Waals surface area contributed by atoms with E-state index in [1.54, 1.807) is 25.1 Å². The van der Waals surface area contributed by atoms with Crippen LogP contribution in [-0.4, -0.2) is 24.5 Å². The van der Waals surface area contributed by atoms with Gasteiger partial charge in [-0.3, -0.25) is 9.59 Å². The van der Waals surface area contributed by atoms with E-state index < -0.39 is 6.10 Å². The standard InChI is InChI=1S/C19H20N2O4/c1-13-19(23)21-16-12-14(9-10-17(16)25-13)20-18(22)8-5-11-24-15-6-3-2-4-7-15/h2-4,6-7,9-10,12-13H,5,8,11H2,1H3,(H,20,22)(H,21,23). The molecule has 2 amide bonds. The minimum Gasteiger partial charge on any atom is -0.494 e. The maximum absolute atomic E-state index is 12.0. The van der Waals surface area contributed by atoms with Crippen molar-refractivity contribution < 1.29 is 19.1 Å². The normalized spacial score (nSPS) is 15.6. The van der Waals surface area contributed by atoms with Crippen LogP contribution < -0.4 is 20.1 Å². The highest BCUT2D eigenvalue weighted by Gasteiger charge is 2.23. The van der Waals surface area contributed by atoms with Crippen molar-refractivity contribution in [3.63, 3.8) is 0 Å². The van der Waals surface area contributed by atoms with Crippen molar-refractivity contribution in [2.24, 2.45) is 0 Å². The molecule has 1 atom stereocenters. The van der Waals surface area contributed by atoms with Crippen LogP contribution in [0.4, 0.5) is 11.4 Å². The Morgan fingerprint density at radius 1 is 1.24 bits per heavy atom. The van der Waals surface area contributed by atoms with E-state index in [4.69, 9.17) is 9.47 Å². The van der Waals surface area contributed by atoms with Gasteiger partial charge >= 0.3 is 0 Å². The topological polar surface area (TPSA) is 76.7 Å². The van der Waals surface area contributed by atoms with Gasteiger partial charge in [0.2, 0.25) is 5.91 Å². The first-order chi connectivity index (χ1) is 12.1. The number of carbonyl (C=O) groups excluding carboxylic acids is 2. The summed E-state index contributed by atoms with van der Waals surface area (Å²) in [6, 6.07) is 14.7. The van der Waals surface area contributed by atoms with Crippen molar-refractivity contribution in [1.29, 1.82) is 0 Å². The molecule has 0 aliphatic carbocycles. The van der Waals surface area contributed by atoms with E-state index >= 15 is 0 Å². The maximum Gasteiger partial charge on any atom is 0.265 e. The summed E-state index contributed by atoms with van der Waals surface area (Å²) in [6.45, 7) is 2.16. The zero-order valence-electron chi connectivity index (χ0n) is 14.0. The smallest absolute Gasteiger partial charge is 0.265 e. The fraction of sp³-hybridized carbons (Fsp3) is 0.263. The van der Waals surface area contributed by atoms with Crippen LogP contribution in [0.15, 0.2) is 48.5 Å². The first-order valence-electron chi connectivity index (χ1n) is 8.21. The number of amides is 2. The summed E-state index contributed by atoms with van der Waals surface area (Å²) < 4.78 is 11.0. The summed E-state index contributed by atoms with van der Waals surface area (Å²) >= 11 is 0. The minimum absolute atomic E-state index is 0.104. The average molecular weight is 340 g/mol. The molecular formula is C19H20N2O4. The number of carbonyl (C=O) groups is 2. The van der Waals surface area contributed by atoms with Gasteiger partial charge in [0.15, 0.2) is 6.10 Å². The molecule has 2 aromatic rings. The van der Waals surface area contributed by atoms with Gasteiger partial charge in [-0.2, -0.15) is 0 Å². The molecule has 1 heterocycles. The summed E-state index contributed by atoms with van der Waals surface area (Å²) in [6.07, 6.45) is 0.449. The molecule has 6 heteroatoms. The number of hydrogen-bond acceptors (Lipinski definition) is 4. The summed E-state index contributed by atoms with van der Waals surface area (Å²) in [5.41, 5.74) is 1.18. The van der Waals surface area contributed by atoms with E-state index in [-0.39, 0.29) is 11.8 Å². The van der Waals surface area contributed by atoms with E-state index in [2.05, 4.69) is 10.6 Å². The van der Waals surface area contributed by atoms with Crippen LogP contribution in [0.3, 0.4) is 0 Å². The lowest BCUT2D eigenvalue weighted by Crippen LogP contribution is -2.34. The van der Waals surface area contributed by atoms with Crippen molar-refractivity contribution in [3.05, 3.63) is 48.5 Å². The number of hydrogen-bond donors (Lipinski definition) is 2. The predicted molar refractivity (Wildman–Crippen MR) is 95.0 cm³/mol. The SMILES string of the molecule is CC1Oc2ccc(NC(=O)CCCOc3ccccc3)cc2NC1=O. The Morgan fingerprint density at radius 2 is 2.04 bits per heavy atom. The molecule has 3 rings (SSSR count). The summed E-state index contributed by atoms with van der Waals surface area (Å²) in [5, 5.41) is 5.57. The van der Waals surface area contributed by atoms with Crippen LogP contribution in [-0.2, 0) is 9.59 Å². The van der Waals surface area contributed by atoms with E-state index in [1.807, 2.05) is 30.3 Å². The van der Waals surface area contributed by atoms with Crippen molar-refractivity contribution in [2.75, 3.05) is 17.2 Å². The molecule has 1 aliphatic heterocycles. The highest BCUT2D eigenvalue weighted by Crippen LogP contribution is 2.32. The summed E-state index contributed by atoms with van der Waals surface area (Å²) in [5.74, 6) is 1.09. The van der Waals surface area contributed by atoms with Crippen LogP contribution >= 0.6 is 0 Å². The first kappa shape index (κ1) is 16.8. The van der Waals surface area contributed by atoms with Gasteiger partial charge in [-0.25, -0.2) is 0 Å². The molecule has 130 valence electrons. The lowest BCUT2D eigenvalue weighted by atomic mass is 10.2. The predicted octanol–water partition coefficient (Wildman–Crippen LogP) is 3.20. The number of anilines is 2. The second-order valence-corrected chi connectivity index (χ2v) is 5.77. The van der Waals surface area contributed by atoms with Gasteiger partial charge in [-0.05, 0) is 43.7 Å². The van der Waals surface area contributed by atoms with Crippen molar-refractivity contribution in [2.45, 2.75) is 25.9 Å². The Balaban J connectivity index is 1.47. The zero-order valence-corrected chi connectivity index (χ0v) is 14.0. The number of para-hydroxylation sites is 1. The Kier molecular flexibility index (Phi) is 5.18. The van der Waals surface area contributed by atoms with Crippen LogP contribution in [0, 0.1) is 0 Å². The molecule has 0 radical (unpaired) electrons. The third kappa shape index (κ3) is 4.50. The Hall–Kier alpha value is -3.02. The second kappa shape index (κ2) is 7.70. The summed E-state index contributed by atoms with van der Waals surface area (Å²) in [7, 11) is 0. The van der Waals surface area contributed by atoms with Crippen molar-refractivity contribution in [1.82, 2.24) is 0 Å². The quantitative estimate of drug-likeness (QED) is 0.792. The fourth-order valence-electron chi connectivity index (χ4n) is 2.45. The molecule has 0 fully saturated rings. The number of rotatable bonds is 6. The van der Waals surface area contributed by atoms with Gasteiger partial charge in [0.05, 0.1) is 12.3 Å². The Morgan fingerprint density at radius 3 is 2.84 bits per heavy atom. The lowest BCUT2D eigenvalue weighted by molar-refractivity contribution is -0.122. The van der Waals surface area contributed by atoms with E-state index in [0.717, 1.165) is 5.75 Å². The molecule has 25 heavy (non-hydrogen) atoms. The molecule has 2 N–H and O–H groups in total. The number of fused-ring (bicyclic) bond motifs is 1. The number of ether oxygens (including phenoxy) is 2. The van der Waals surface area contributed by atoms with Gasteiger partial charge in [0.25, 0.3) is 5.91 Å². The third-order valence-electron chi connectivity index (χ3n) is 3.75. The first-order valence-corrected chi connectivity index (χ1v) is 8.21. The van der Waals surface area contributed by atoms with Crippen LogP contribution in [0.5, 0.6) is 11.5 Å². The lowest BCUT2D eigenvalue weighted by Gasteiger charge is -2.23. The molecule has 2 aromatic carbocycles. The summed E-state index contributed by atoms with van der Waals surface area (Å²) in [4.78, 5) is 23.7. The fourth-order valence-corrected chi connectivity index (χ4v) is 2.45. The van der Waals surface area contributed by atoms with Crippen molar-refractivity contribution in [3.8, 4) is 11.5 Å². The average Bonchev–Trinajstić information content (AvgIpc) is 2.61. The highest BCUT2D eigenvalue weighted by atomic mass is 16.5. The number of nitrogens with one attached hydrogen (secondary N) is 2. The highest BCUT2D eigenvalue weighted by molar-refractivity contribution is 5.99. The Labute approximate surface area is 146 Å². The molecular weight excluding hydrogens is 320 g/mol. The Bertz CT molecular complexity index is 761. The van der Waals surface area contributed by atoms with E-state index in [9.17, 15) is 9.59 Å². The van der Waals surface area contributed by atoms with Crippen LogP contribution in [0.25, 0.3) is 0 Å².